The van der Waals surface area contributed by atoms with Gasteiger partial charge in [0, 0.05) is 45.3 Å². The van der Waals surface area contributed by atoms with Crippen LogP contribution in [0.15, 0.2) is 36.5 Å². The SMILES string of the molecule is Cc1cccc(CN2Cc3ccnn3C(CCN3CCCC3=O)C2)c1. The molecule has 5 nitrogen and oxygen atoms in total. The molecule has 0 spiro atoms. The molecule has 1 unspecified atom stereocenters. The van der Waals surface area contributed by atoms with Gasteiger partial charge in [-0.25, -0.2) is 0 Å². The fourth-order valence-electron chi connectivity index (χ4n) is 4.11. The molecular weight excluding hydrogens is 312 g/mol. The normalized spacial score (nSPS) is 20.9. The van der Waals surface area contributed by atoms with Crippen LogP contribution in [0.1, 0.15) is 42.1 Å². The standard InChI is InChI=1S/C20H26N4O/c1-16-4-2-5-17(12-16)13-22-14-18-7-9-21-24(18)19(15-22)8-11-23-10-3-6-20(23)25/h2,4-5,7,9,12,19H,3,6,8,10-11,13-15H2,1H3. The molecule has 25 heavy (non-hydrogen) atoms. The van der Waals surface area contributed by atoms with E-state index in [2.05, 4.69) is 51.9 Å². The number of benzene rings is 1. The second kappa shape index (κ2) is 7.00. The minimum Gasteiger partial charge on any atom is -0.343 e. The Morgan fingerprint density at radius 2 is 2.20 bits per heavy atom. The Kier molecular flexibility index (Phi) is 4.57. The van der Waals surface area contributed by atoms with Crippen LogP contribution in [0.5, 0.6) is 0 Å². The van der Waals surface area contributed by atoms with E-state index in [0.29, 0.717) is 11.9 Å². The molecule has 0 bridgehead atoms. The molecule has 2 aromatic rings. The Bertz CT molecular complexity index is 754. The number of fused-ring (bicyclic) bond motifs is 1. The van der Waals surface area contributed by atoms with Crippen molar-refractivity contribution in [1.82, 2.24) is 19.6 Å². The van der Waals surface area contributed by atoms with Crippen LogP contribution >= 0.6 is 0 Å². The van der Waals surface area contributed by atoms with Crippen LogP contribution in [-0.2, 0) is 17.9 Å². The summed E-state index contributed by atoms with van der Waals surface area (Å²) >= 11 is 0. The van der Waals surface area contributed by atoms with Crippen LogP contribution in [0, 0.1) is 6.92 Å². The molecule has 1 atom stereocenters. The van der Waals surface area contributed by atoms with Crippen LogP contribution in [0.3, 0.4) is 0 Å². The summed E-state index contributed by atoms with van der Waals surface area (Å²) in [7, 11) is 0. The number of hydrogen-bond acceptors (Lipinski definition) is 3. The highest BCUT2D eigenvalue weighted by Gasteiger charge is 2.27. The zero-order valence-corrected chi connectivity index (χ0v) is 14.9. The van der Waals surface area contributed by atoms with Crippen molar-refractivity contribution in [2.24, 2.45) is 0 Å². The van der Waals surface area contributed by atoms with E-state index >= 15 is 0 Å². The van der Waals surface area contributed by atoms with E-state index in [1.165, 1.54) is 16.8 Å². The van der Waals surface area contributed by atoms with Gasteiger partial charge in [0.2, 0.25) is 5.91 Å². The number of amides is 1. The average Bonchev–Trinajstić information content (AvgIpc) is 3.21. The molecule has 3 heterocycles. The van der Waals surface area contributed by atoms with Crippen molar-refractivity contribution < 1.29 is 4.79 Å². The molecule has 4 rings (SSSR count). The second-order valence-electron chi connectivity index (χ2n) is 7.35. The summed E-state index contributed by atoms with van der Waals surface area (Å²) in [4.78, 5) is 16.4. The lowest BCUT2D eigenvalue weighted by Gasteiger charge is -2.34. The first-order valence-electron chi connectivity index (χ1n) is 9.27. The molecule has 1 fully saturated rings. The highest BCUT2D eigenvalue weighted by Crippen LogP contribution is 2.25. The van der Waals surface area contributed by atoms with E-state index in [1.807, 2.05) is 11.1 Å². The highest BCUT2D eigenvalue weighted by molar-refractivity contribution is 5.77. The summed E-state index contributed by atoms with van der Waals surface area (Å²) in [5.41, 5.74) is 3.95. The Hall–Kier alpha value is -2.14. The van der Waals surface area contributed by atoms with Gasteiger partial charge in [-0.2, -0.15) is 5.10 Å². The molecule has 5 heteroatoms. The van der Waals surface area contributed by atoms with E-state index in [1.54, 1.807) is 0 Å². The lowest BCUT2D eigenvalue weighted by Crippen LogP contribution is -2.39. The monoisotopic (exact) mass is 338 g/mol. The number of rotatable bonds is 5. The van der Waals surface area contributed by atoms with Gasteiger partial charge in [0.15, 0.2) is 0 Å². The third kappa shape index (κ3) is 3.61. The molecule has 1 aromatic carbocycles. The molecule has 132 valence electrons. The van der Waals surface area contributed by atoms with E-state index in [4.69, 9.17) is 0 Å². The van der Waals surface area contributed by atoms with Crippen LogP contribution in [0.25, 0.3) is 0 Å². The molecule has 0 saturated carbocycles. The second-order valence-corrected chi connectivity index (χ2v) is 7.35. The topological polar surface area (TPSA) is 41.4 Å². The van der Waals surface area contributed by atoms with Crippen molar-refractivity contribution in [3.05, 3.63) is 53.3 Å². The van der Waals surface area contributed by atoms with Crippen LogP contribution in [0.2, 0.25) is 0 Å². The number of aromatic nitrogens is 2. The van der Waals surface area contributed by atoms with Gasteiger partial charge in [-0.3, -0.25) is 14.4 Å². The van der Waals surface area contributed by atoms with Gasteiger partial charge in [0.1, 0.15) is 0 Å². The Morgan fingerprint density at radius 3 is 3.00 bits per heavy atom. The maximum Gasteiger partial charge on any atom is 0.222 e. The van der Waals surface area contributed by atoms with Gasteiger partial charge in [-0.15, -0.1) is 0 Å². The molecule has 1 amide bonds. The summed E-state index contributed by atoms with van der Waals surface area (Å²) in [6, 6.07) is 11.2. The van der Waals surface area contributed by atoms with Crippen LogP contribution in [-0.4, -0.2) is 45.1 Å². The first-order chi connectivity index (χ1) is 12.2. The molecule has 1 aromatic heterocycles. The maximum absolute atomic E-state index is 11.9. The van der Waals surface area contributed by atoms with Crippen molar-refractivity contribution in [3.63, 3.8) is 0 Å². The van der Waals surface area contributed by atoms with E-state index in [9.17, 15) is 4.79 Å². The lowest BCUT2D eigenvalue weighted by atomic mass is 10.1. The zero-order chi connectivity index (χ0) is 17.2. The summed E-state index contributed by atoms with van der Waals surface area (Å²) in [5, 5.41) is 4.54. The largest absolute Gasteiger partial charge is 0.343 e. The summed E-state index contributed by atoms with van der Waals surface area (Å²) in [5.74, 6) is 0.313. The van der Waals surface area contributed by atoms with Gasteiger partial charge >= 0.3 is 0 Å². The summed E-state index contributed by atoms with van der Waals surface area (Å²) in [6.07, 6.45) is 4.61. The number of nitrogens with zero attached hydrogens (tertiary/aromatic N) is 4. The number of carbonyl (C=O) groups excluding carboxylic acids is 1. The van der Waals surface area contributed by atoms with Crippen molar-refractivity contribution in [2.75, 3.05) is 19.6 Å². The number of aryl methyl sites for hydroxylation is 1. The number of hydrogen-bond donors (Lipinski definition) is 0. The predicted molar refractivity (Wildman–Crippen MR) is 97.0 cm³/mol. The molecule has 1 saturated heterocycles. The molecule has 2 aliphatic rings. The summed E-state index contributed by atoms with van der Waals surface area (Å²) in [6.45, 7) is 6.81. The third-order valence-corrected chi connectivity index (χ3v) is 5.34. The van der Waals surface area contributed by atoms with Crippen molar-refractivity contribution >= 4 is 5.91 Å². The fraction of sp³-hybridized carbons (Fsp3) is 0.500. The minimum atomic E-state index is 0.313. The van der Waals surface area contributed by atoms with Crippen LogP contribution in [0.4, 0.5) is 0 Å². The van der Waals surface area contributed by atoms with Gasteiger partial charge in [0.05, 0.1) is 11.7 Å². The van der Waals surface area contributed by atoms with E-state index < -0.39 is 0 Å². The Labute approximate surface area is 149 Å². The molecule has 0 radical (unpaired) electrons. The molecule has 2 aliphatic heterocycles. The van der Waals surface area contributed by atoms with Crippen molar-refractivity contribution in [2.45, 2.75) is 45.3 Å². The van der Waals surface area contributed by atoms with E-state index in [0.717, 1.165) is 52.0 Å². The van der Waals surface area contributed by atoms with Gasteiger partial charge in [0.25, 0.3) is 0 Å². The van der Waals surface area contributed by atoms with Gasteiger partial charge in [-0.05, 0) is 31.4 Å². The fourth-order valence-corrected chi connectivity index (χ4v) is 4.11. The summed E-state index contributed by atoms with van der Waals surface area (Å²) < 4.78 is 2.17. The minimum absolute atomic E-state index is 0.313. The maximum atomic E-state index is 11.9. The highest BCUT2D eigenvalue weighted by atomic mass is 16.2. The molecule has 0 aliphatic carbocycles. The average molecular weight is 338 g/mol. The van der Waals surface area contributed by atoms with Crippen molar-refractivity contribution in [3.8, 4) is 0 Å². The quantitative estimate of drug-likeness (QED) is 0.842. The third-order valence-electron chi connectivity index (χ3n) is 5.34. The van der Waals surface area contributed by atoms with E-state index in [-0.39, 0.29) is 0 Å². The first-order valence-corrected chi connectivity index (χ1v) is 9.27. The van der Waals surface area contributed by atoms with Crippen molar-refractivity contribution in [1.29, 1.82) is 0 Å². The Balaban J connectivity index is 1.44. The smallest absolute Gasteiger partial charge is 0.222 e. The zero-order valence-electron chi connectivity index (χ0n) is 14.9. The Morgan fingerprint density at radius 1 is 1.28 bits per heavy atom. The van der Waals surface area contributed by atoms with Gasteiger partial charge in [-0.1, -0.05) is 29.8 Å². The number of carbonyl (C=O) groups is 1. The van der Waals surface area contributed by atoms with Crippen LogP contribution < -0.4 is 0 Å². The number of likely N-dealkylation sites (tertiary alicyclic amines) is 1. The predicted octanol–water partition coefficient (Wildman–Crippen LogP) is 2.76. The lowest BCUT2D eigenvalue weighted by molar-refractivity contribution is -0.127. The molecule has 0 N–H and O–H groups in total. The van der Waals surface area contributed by atoms with Gasteiger partial charge < -0.3 is 4.90 Å². The first kappa shape index (κ1) is 16.3. The molecular formula is C20H26N4O.